The van der Waals surface area contributed by atoms with Gasteiger partial charge in [-0.1, -0.05) is 31.5 Å². The zero-order valence-electron chi connectivity index (χ0n) is 18.1. The fourth-order valence-corrected chi connectivity index (χ4v) is 4.09. The lowest BCUT2D eigenvalue weighted by atomic mass is 9.95. The molecule has 1 saturated heterocycles. The van der Waals surface area contributed by atoms with Crippen molar-refractivity contribution in [2.75, 3.05) is 34.2 Å². The van der Waals surface area contributed by atoms with Crippen LogP contribution in [-0.2, 0) is 17.8 Å². The average molecular weight is 400 g/mol. The molecule has 1 aromatic carbocycles. The first-order chi connectivity index (χ1) is 13.9. The number of carbonyl (C=O) groups is 2. The van der Waals surface area contributed by atoms with Crippen molar-refractivity contribution in [1.29, 1.82) is 0 Å². The van der Waals surface area contributed by atoms with Gasteiger partial charge in [0.15, 0.2) is 0 Å². The molecule has 0 saturated carbocycles. The first-order valence-electron chi connectivity index (χ1n) is 10.6. The molecule has 1 aliphatic heterocycles. The summed E-state index contributed by atoms with van der Waals surface area (Å²) in [6, 6.07) is 8.09. The first-order valence-corrected chi connectivity index (χ1v) is 10.6. The maximum absolute atomic E-state index is 13.1. The van der Waals surface area contributed by atoms with E-state index in [0.717, 1.165) is 54.4 Å². The van der Waals surface area contributed by atoms with E-state index in [4.69, 9.17) is 4.42 Å². The maximum Gasteiger partial charge on any atom is 0.319 e. The number of piperidine rings is 1. The summed E-state index contributed by atoms with van der Waals surface area (Å²) in [5.41, 5.74) is 2.02. The Balaban J connectivity index is 1.68. The normalized spacial score (nSPS) is 15.0. The molecule has 2 heterocycles. The summed E-state index contributed by atoms with van der Waals surface area (Å²) in [6.45, 7) is 4.01. The van der Waals surface area contributed by atoms with Gasteiger partial charge in [-0.3, -0.25) is 4.79 Å². The van der Waals surface area contributed by atoms with Gasteiger partial charge in [-0.2, -0.15) is 0 Å². The van der Waals surface area contributed by atoms with Crippen molar-refractivity contribution in [1.82, 2.24) is 14.7 Å². The molecule has 2 aromatic rings. The van der Waals surface area contributed by atoms with E-state index in [0.29, 0.717) is 19.6 Å². The zero-order chi connectivity index (χ0) is 21.0. The van der Waals surface area contributed by atoms with E-state index in [-0.39, 0.29) is 17.9 Å². The van der Waals surface area contributed by atoms with E-state index >= 15 is 0 Å². The number of carbonyl (C=O) groups excluding carboxylic acids is 2. The van der Waals surface area contributed by atoms with Crippen LogP contribution in [0.4, 0.5) is 4.79 Å². The van der Waals surface area contributed by atoms with Crippen LogP contribution in [0, 0.1) is 5.92 Å². The van der Waals surface area contributed by atoms with Crippen LogP contribution in [0.25, 0.3) is 11.0 Å². The molecule has 3 amide bonds. The largest absolute Gasteiger partial charge is 0.461 e. The number of hydrogen-bond acceptors (Lipinski definition) is 3. The molecule has 158 valence electrons. The second-order valence-electron chi connectivity index (χ2n) is 8.24. The molecule has 1 aromatic heterocycles. The van der Waals surface area contributed by atoms with Gasteiger partial charge in [0.25, 0.3) is 0 Å². The van der Waals surface area contributed by atoms with Crippen molar-refractivity contribution in [3.8, 4) is 0 Å². The van der Waals surface area contributed by atoms with Crippen molar-refractivity contribution < 1.29 is 14.0 Å². The van der Waals surface area contributed by atoms with Crippen LogP contribution in [0.5, 0.6) is 0 Å². The van der Waals surface area contributed by atoms with Crippen LogP contribution in [0.1, 0.15) is 43.9 Å². The number of fused-ring (bicyclic) bond motifs is 1. The van der Waals surface area contributed by atoms with E-state index in [2.05, 4.69) is 13.0 Å². The number of unbranched alkanes of at least 4 members (excludes halogenated alkanes) is 1. The lowest BCUT2D eigenvalue weighted by Gasteiger charge is -2.34. The smallest absolute Gasteiger partial charge is 0.319 e. The van der Waals surface area contributed by atoms with E-state index in [1.807, 2.05) is 35.0 Å². The van der Waals surface area contributed by atoms with Gasteiger partial charge in [0.1, 0.15) is 11.3 Å². The lowest BCUT2D eigenvalue weighted by molar-refractivity contribution is -0.136. The minimum absolute atomic E-state index is 0.0229. The highest BCUT2D eigenvalue weighted by Crippen LogP contribution is 2.29. The summed E-state index contributed by atoms with van der Waals surface area (Å²) in [6.07, 6.45) is 4.51. The maximum atomic E-state index is 13.1. The van der Waals surface area contributed by atoms with Crippen molar-refractivity contribution in [3.63, 3.8) is 0 Å². The molecule has 3 rings (SSSR count). The van der Waals surface area contributed by atoms with Gasteiger partial charge < -0.3 is 19.1 Å². The van der Waals surface area contributed by atoms with Crippen LogP contribution in [0.2, 0.25) is 0 Å². The molecule has 29 heavy (non-hydrogen) atoms. The number of hydrogen-bond donors (Lipinski definition) is 0. The highest BCUT2D eigenvalue weighted by Gasteiger charge is 2.30. The Morgan fingerprint density at radius 2 is 1.83 bits per heavy atom. The molecule has 0 radical (unpaired) electrons. The molecular weight excluding hydrogens is 366 g/mol. The van der Waals surface area contributed by atoms with Crippen LogP contribution < -0.4 is 0 Å². The van der Waals surface area contributed by atoms with Crippen molar-refractivity contribution in [2.45, 2.75) is 45.6 Å². The number of urea groups is 1. The SMILES string of the molecule is CCCCc1oc2ccccc2c1CN(C)C(=O)C1CCN(C(=O)N(C)C)CC1. The van der Waals surface area contributed by atoms with Crippen molar-refractivity contribution in [3.05, 3.63) is 35.6 Å². The van der Waals surface area contributed by atoms with E-state index < -0.39 is 0 Å². The Hall–Kier alpha value is -2.50. The highest BCUT2D eigenvalue weighted by atomic mass is 16.3. The standard InChI is InChI=1S/C23H33N3O3/c1-5-6-10-21-19(18-9-7-8-11-20(18)29-21)16-25(4)22(27)17-12-14-26(15-13-17)23(28)24(2)3/h7-9,11,17H,5-6,10,12-16H2,1-4H3. The van der Waals surface area contributed by atoms with Gasteiger partial charge in [-0.15, -0.1) is 0 Å². The van der Waals surface area contributed by atoms with E-state index in [1.54, 1.807) is 19.0 Å². The Bertz CT molecular complexity index is 850. The summed E-state index contributed by atoms with van der Waals surface area (Å²) >= 11 is 0. The summed E-state index contributed by atoms with van der Waals surface area (Å²) in [7, 11) is 5.41. The molecule has 6 heteroatoms. The number of nitrogens with zero attached hydrogens (tertiary/aromatic N) is 3. The second-order valence-corrected chi connectivity index (χ2v) is 8.24. The lowest BCUT2D eigenvalue weighted by Crippen LogP contribution is -2.46. The van der Waals surface area contributed by atoms with Crippen LogP contribution >= 0.6 is 0 Å². The third kappa shape index (κ3) is 4.74. The first kappa shape index (κ1) is 21.2. The van der Waals surface area contributed by atoms with E-state index in [9.17, 15) is 9.59 Å². The highest BCUT2D eigenvalue weighted by molar-refractivity contribution is 5.84. The summed E-state index contributed by atoms with van der Waals surface area (Å²) in [5, 5.41) is 1.10. The topological polar surface area (TPSA) is 57.0 Å². The molecule has 0 atom stereocenters. The number of likely N-dealkylation sites (tertiary alicyclic amines) is 1. The molecule has 6 nitrogen and oxygen atoms in total. The molecule has 0 bridgehead atoms. The number of aryl methyl sites for hydroxylation is 1. The zero-order valence-corrected chi connectivity index (χ0v) is 18.1. The minimum atomic E-state index is -0.0246. The van der Waals surface area contributed by atoms with Crippen molar-refractivity contribution >= 4 is 22.9 Å². The van der Waals surface area contributed by atoms with Crippen LogP contribution in [-0.4, -0.2) is 60.9 Å². The fourth-order valence-electron chi connectivity index (χ4n) is 4.09. The summed E-state index contributed by atoms with van der Waals surface area (Å²) < 4.78 is 6.10. The number of furan rings is 1. The monoisotopic (exact) mass is 399 g/mol. The number of para-hydroxylation sites is 1. The second kappa shape index (κ2) is 9.33. The third-order valence-corrected chi connectivity index (χ3v) is 5.81. The minimum Gasteiger partial charge on any atom is -0.461 e. The molecule has 0 aliphatic carbocycles. The predicted octanol–water partition coefficient (Wildman–Crippen LogP) is 4.13. The molecule has 0 unspecified atom stereocenters. The van der Waals surface area contributed by atoms with Crippen LogP contribution in [0.3, 0.4) is 0 Å². The van der Waals surface area contributed by atoms with E-state index in [1.165, 1.54) is 0 Å². The summed E-state index contributed by atoms with van der Waals surface area (Å²) in [4.78, 5) is 30.4. The van der Waals surface area contributed by atoms with Gasteiger partial charge in [0, 0.05) is 64.1 Å². The number of amides is 3. The molecule has 1 fully saturated rings. The average Bonchev–Trinajstić information content (AvgIpc) is 3.08. The molecule has 0 spiro atoms. The van der Waals surface area contributed by atoms with Gasteiger partial charge in [-0.05, 0) is 25.3 Å². The van der Waals surface area contributed by atoms with Crippen molar-refractivity contribution in [2.24, 2.45) is 5.92 Å². The molecule has 0 N–H and O–H groups in total. The van der Waals surface area contributed by atoms with Gasteiger partial charge in [-0.25, -0.2) is 4.79 Å². The third-order valence-electron chi connectivity index (χ3n) is 5.81. The number of rotatable bonds is 6. The Morgan fingerprint density at radius 1 is 1.14 bits per heavy atom. The summed E-state index contributed by atoms with van der Waals surface area (Å²) in [5.74, 6) is 1.14. The Labute approximate surface area is 173 Å². The Kier molecular flexibility index (Phi) is 6.83. The number of benzene rings is 1. The van der Waals surface area contributed by atoms with Gasteiger partial charge in [0.2, 0.25) is 5.91 Å². The fraction of sp³-hybridized carbons (Fsp3) is 0.565. The Morgan fingerprint density at radius 3 is 2.48 bits per heavy atom. The molecular formula is C23H33N3O3. The predicted molar refractivity (Wildman–Crippen MR) is 115 cm³/mol. The quantitative estimate of drug-likeness (QED) is 0.734. The van der Waals surface area contributed by atoms with Gasteiger partial charge in [0.05, 0.1) is 0 Å². The molecule has 1 aliphatic rings. The van der Waals surface area contributed by atoms with Crippen LogP contribution in [0.15, 0.2) is 28.7 Å². The van der Waals surface area contributed by atoms with Gasteiger partial charge >= 0.3 is 6.03 Å².